The van der Waals surface area contributed by atoms with E-state index in [2.05, 4.69) is 50.5 Å². The van der Waals surface area contributed by atoms with Crippen LogP contribution < -0.4 is 16.0 Å². The van der Waals surface area contributed by atoms with Crippen LogP contribution in [0.1, 0.15) is 12.8 Å². The number of hydrogen-bond acceptors (Lipinski definition) is 3. The number of aliphatic imine (C=N–C) groups is 1. The van der Waals surface area contributed by atoms with E-state index >= 15 is 0 Å². The minimum absolute atomic E-state index is 0.431. The van der Waals surface area contributed by atoms with Crippen molar-refractivity contribution in [3.8, 4) is 0 Å². The van der Waals surface area contributed by atoms with Crippen molar-refractivity contribution in [3.63, 3.8) is 0 Å². The molecule has 0 aliphatic carbocycles. The van der Waals surface area contributed by atoms with Gasteiger partial charge >= 0.3 is 0 Å². The van der Waals surface area contributed by atoms with Crippen LogP contribution in [0, 0.1) is 5.92 Å². The molecule has 2 heterocycles. The highest BCUT2D eigenvalue weighted by Gasteiger charge is 2.19. The number of hydrogen-bond donors (Lipinski definition) is 2. The fraction of sp³-hybridized carbons (Fsp3) is 0.333. The molecule has 0 spiro atoms. The smallest absolute Gasteiger partial charge is 0.194 e. The second-order valence-electron chi connectivity index (χ2n) is 5.86. The Balaban J connectivity index is 1.54. The first kappa shape index (κ1) is 15.3. The molecule has 0 saturated carbocycles. The molecule has 5 heteroatoms. The first-order valence-electron chi connectivity index (χ1n) is 8.09. The van der Waals surface area contributed by atoms with Gasteiger partial charge in [-0.25, -0.2) is 4.98 Å². The molecule has 3 rings (SSSR count). The molecule has 3 N–H and O–H groups in total. The van der Waals surface area contributed by atoms with E-state index in [4.69, 9.17) is 5.73 Å². The molecule has 1 atom stereocenters. The van der Waals surface area contributed by atoms with Crippen molar-refractivity contribution in [2.24, 2.45) is 16.6 Å². The normalized spacial score (nSPS) is 18.7. The molecule has 1 fully saturated rings. The van der Waals surface area contributed by atoms with Crippen molar-refractivity contribution in [2.45, 2.75) is 12.8 Å². The van der Waals surface area contributed by atoms with E-state index in [9.17, 15) is 0 Å². The van der Waals surface area contributed by atoms with Crippen LogP contribution in [0.15, 0.2) is 59.7 Å². The van der Waals surface area contributed by atoms with E-state index in [-0.39, 0.29) is 0 Å². The Hall–Kier alpha value is -2.56. The summed E-state index contributed by atoms with van der Waals surface area (Å²) in [5.74, 6) is 1.69. The van der Waals surface area contributed by atoms with E-state index in [1.54, 1.807) is 6.20 Å². The lowest BCUT2D eigenvalue weighted by Gasteiger charge is -2.33. The molecular formula is C18H23N5. The van der Waals surface area contributed by atoms with Gasteiger partial charge < -0.3 is 16.0 Å². The monoisotopic (exact) mass is 309 g/mol. The molecule has 5 nitrogen and oxygen atoms in total. The molecule has 1 saturated heterocycles. The van der Waals surface area contributed by atoms with E-state index < -0.39 is 0 Å². The number of aromatic nitrogens is 1. The number of nitrogens with one attached hydrogen (secondary N) is 1. The number of nitrogens with two attached hydrogens (primary N) is 1. The highest BCUT2D eigenvalue weighted by Crippen LogP contribution is 2.23. The van der Waals surface area contributed by atoms with Crippen molar-refractivity contribution in [1.29, 1.82) is 0 Å². The quantitative estimate of drug-likeness (QED) is 0.673. The van der Waals surface area contributed by atoms with Crippen molar-refractivity contribution >= 4 is 17.5 Å². The van der Waals surface area contributed by atoms with Crippen molar-refractivity contribution in [1.82, 2.24) is 4.98 Å². The number of guanidine groups is 1. The summed E-state index contributed by atoms with van der Waals surface area (Å²) in [4.78, 5) is 11.1. The maximum absolute atomic E-state index is 5.95. The number of rotatable bonds is 4. The van der Waals surface area contributed by atoms with Crippen LogP contribution in [0.25, 0.3) is 0 Å². The lowest BCUT2D eigenvalue weighted by atomic mass is 9.97. The van der Waals surface area contributed by atoms with Gasteiger partial charge in [-0.1, -0.05) is 24.3 Å². The molecule has 0 bridgehead atoms. The number of pyridine rings is 1. The number of piperidine rings is 1. The molecule has 23 heavy (non-hydrogen) atoms. The Morgan fingerprint density at radius 3 is 2.83 bits per heavy atom. The summed E-state index contributed by atoms with van der Waals surface area (Å²) in [6.45, 7) is 2.89. The third-order valence-electron chi connectivity index (χ3n) is 4.08. The fourth-order valence-electron chi connectivity index (χ4n) is 2.92. The highest BCUT2D eigenvalue weighted by atomic mass is 15.2. The molecule has 120 valence electrons. The van der Waals surface area contributed by atoms with Crippen LogP contribution in [-0.2, 0) is 0 Å². The minimum Gasteiger partial charge on any atom is -0.371 e. The maximum atomic E-state index is 5.95. The van der Waals surface area contributed by atoms with Crippen LogP contribution in [0.3, 0.4) is 0 Å². The van der Waals surface area contributed by atoms with Gasteiger partial charge in [0.15, 0.2) is 5.96 Å². The largest absolute Gasteiger partial charge is 0.371 e. The highest BCUT2D eigenvalue weighted by molar-refractivity contribution is 5.91. The number of nitrogens with zero attached hydrogens (tertiary/aromatic N) is 3. The van der Waals surface area contributed by atoms with Gasteiger partial charge in [0.2, 0.25) is 0 Å². The van der Waals surface area contributed by atoms with Gasteiger partial charge in [-0.05, 0) is 43.0 Å². The maximum Gasteiger partial charge on any atom is 0.194 e. The first-order chi connectivity index (χ1) is 11.3. The molecule has 1 aliphatic rings. The molecule has 0 amide bonds. The van der Waals surface area contributed by atoms with Crippen LogP contribution in [0.2, 0.25) is 0 Å². The third-order valence-corrected chi connectivity index (χ3v) is 4.08. The van der Waals surface area contributed by atoms with E-state index in [0.29, 0.717) is 11.9 Å². The molecule has 1 aromatic heterocycles. The van der Waals surface area contributed by atoms with Crippen molar-refractivity contribution in [2.75, 3.05) is 29.9 Å². The second-order valence-corrected chi connectivity index (χ2v) is 5.86. The average molecular weight is 309 g/mol. The summed E-state index contributed by atoms with van der Waals surface area (Å²) in [7, 11) is 0. The Kier molecular flexibility index (Phi) is 5.09. The zero-order valence-electron chi connectivity index (χ0n) is 13.2. The van der Waals surface area contributed by atoms with E-state index in [1.165, 1.54) is 18.5 Å². The van der Waals surface area contributed by atoms with Crippen LogP contribution in [0.5, 0.6) is 0 Å². The molecule has 1 aromatic carbocycles. The third kappa shape index (κ3) is 4.45. The fourth-order valence-corrected chi connectivity index (χ4v) is 2.92. The van der Waals surface area contributed by atoms with Gasteiger partial charge in [0, 0.05) is 31.5 Å². The van der Waals surface area contributed by atoms with Gasteiger partial charge in [0.25, 0.3) is 0 Å². The van der Waals surface area contributed by atoms with Gasteiger partial charge in [-0.3, -0.25) is 4.99 Å². The van der Waals surface area contributed by atoms with Crippen LogP contribution >= 0.6 is 0 Å². The van der Waals surface area contributed by atoms with Crippen LogP contribution in [0.4, 0.5) is 11.5 Å². The SMILES string of the molecule is NC(=NCC1CCCN(c2ccccc2)C1)Nc1ccccn1. The summed E-state index contributed by atoms with van der Waals surface area (Å²) in [5, 5.41) is 3.03. The molecule has 2 aromatic rings. The standard InChI is InChI=1S/C18H23N5/c19-18(22-17-10-4-5-11-20-17)21-13-15-7-6-12-23(14-15)16-8-2-1-3-9-16/h1-5,8-11,15H,6-7,12-14H2,(H3,19,20,21,22). The topological polar surface area (TPSA) is 66.5 Å². The van der Waals surface area contributed by atoms with Gasteiger partial charge in [0.1, 0.15) is 5.82 Å². The van der Waals surface area contributed by atoms with Gasteiger partial charge in [0.05, 0.1) is 0 Å². The minimum atomic E-state index is 0.431. The summed E-state index contributed by atoms with van der Waals surface area (Å²) >= 11 is 0. The first-order valence-corrected chi connectivity index (χ1v) is 8.09. The Morgan fingerprint density at radius 1 is 1.22 bits per heavy atom. The number of anilines is 2. The lowest BCUT2D eigenvalue weighted by molar-refractivity contribution is 0.424. The summed E-state index contributed by atoms with van der Waals surface area (Å²) in [6.07, 6.45) is 4.13. The van der Waals surface area contributed by atoms with Crippen molar-refractivity contribution < 1.29 is 0 Å². The predicted octanol–water partition coefficient (Wildman–Crippen LogP) is 2.72. The van der Waals surface area contributed by atoms with Gasteiger partial charge in [-0.2, -0.15) is 0 Å². The molecular weight excluding hydrogens is 286 g/mol. The zero-order chi connectivity index (χ0) is 15.9. The number of benzene rings is 1. The Labute approximate surface area is 137 Å². The Morgan fingerprint density at radius 2 is 2.04 bits per heavy atom. The predicted molar refractivity (Wildman–Crippen MR) is 95.7 cm³/mol. The second kappa shape index (κ2) is 7.63. The van der Waals surface area contributed by atoms with E-state index in [1.807, 2.05) is 18.2 Å². The zero-order valence-corrected chi connectivity index (χ0v) is 13.2. The average Bonchev–Trinajstić information content (AvgIpc) is 2.62. The summed E-state index contributed by atoms with van der Waals surface area (Å²) in [5.41, 5.74) is 7.25. The Bertz CT molecular complexity index is 626. The van der Waals surface area contributed by atoms with Gasteiger partial charge in [-0.15, -0.1) is 0 Å². The van der Waals surface area contributed by atoms with Crippen LogP contribution in [-0.4, -0.2) is 30.6 Å². The summed E-state index contributed by atoms with van der Waals surface area (Å²) < 4.78 is 0. The molecule has 1 aliphatic heterocycles. The molecule has 1 unspecified atom stereocenters. The lowest BCUT2D eigenvalue weighted by Crippen LogP contribution is -2.37. The molecule has 0 radical (unpaired) electrons. The summed E-state index contributed by atoms with van der Waals surface area (Å²) in [6, 6.07) is 16.2. The van der Waals surface area contributed by atoms with Crippen molar-refractivity contribution in [3.05, 3.63) is 54.7 Å². The number of para-hydroxylation sites is 1. The van der Waals surface area contributed by atoms with E-state index in [0.717, 1.165) is 25.5 Å².